The van der Waals surface area contributed by atoms with Gasteiger partial charge < -0.3 is 11.1 Å². The lowest BCUT2D eigenvalue weighted by molar-refractivity contribution is -0.117. The molecular formula is C15H23N3O. The molecule has 1 aromatic rings. The van der Waals surface area contributed by atoms with Gasteiger partial charge in [0.05, 0.1) is 17.9 Å². The highest BCUT2D eigenvalue weighted by Gasteiger charge is 2.24. The summed E-state index contributed by atoms with van der Waals surface area (Å²) in [5.74, 6) is 0.827. The average Bonchev–Trinajstić information content (AvgIpc) is 3.16. The van der Waals surface area contributed by atoms with Crippen molar-refractivity contribution in [1.82, 2.24) is 4.90 Å². The van der Waals surface area contributed by atoms with Gasteiger partial charge in [-0.15, -0.1) is 0 Å². The summed E-state index contributed by atoms with van der Waals surface area (Å²) in [5.41, 5.74) is 7.14. The number of nitrogens with zero attached hydrogens (tertiary/aromatic N) is 1. The smallest absolute Gasteiger partial charge is 0.238 e. The van der Waals surface area contributed by atoms with Crippen LogP contribution in [0.5, 0.6) is 0 Å². The van der Waals surface area contributed by atoms with Crippen LogP contribution in [0.2, 0.25) is 0 Å². The van der Waals surface area contributed by atoms with Crippen LogP contribution in [0.25, 0.3) is 0 Å². The fourth-order valence-electron chi connectivity index (χ4n) is 2.22. The molecule has 3 N–H and O–H groups in total. The summed E-state index contributed by atoms with van der Waals surface area (Å²) >= 11 is 0. The van der Waals surface area contributed by atoms with E-state index in [4.69, 9.17) is 5.73 Å². The molecule has 0 aromatic heterocycles. The highest BCUT2D eigenvalue weighted by Crippen LogP contribution is 2.29. The summed E-state index contributed by atoms with van der Waals surface area (Å²) in [5, 5.41) is 2.89. The summed E-state index contributed by atoms with van der Waals surface area (Å²) in [7, 11) is 0. The van der Waals surface area contributed by atoms with Gasteiger partial charge in [-0.3, -0.25) is 9.69 Å². The molecule has 4 heteroatoms. The summed E-state index contributed by atoms with van der Waals surface area (Å²) in [6.07, 6.45) is 3.70. The molecule has 0 spiro atoms. The zero-order valence-corrected chi connectivity index (χ0v) is 11.6. The molecule has 1 saturated carbocycles. The summed E-state index contributed by atoms with van der Waals surface area (Å²) in [6, 6.07) is 7.36. The Hall–Kier alpha value is -1.55. The lowest BCUT2D eigenvalue weighted by atomic mass is 10.2. The molecule has 1 aromatic carbocycles. The molecule has 0 heterocycles. The number of nitrogens with two attached hydrogens (primary N) is 1. The minimum Gasteiger partial charge on any atom is -0.397 e. The first-order valence-corrected chi connectivity index (χ1v) is 7.05. The molecule has 0 saturated heterocycles. The molecule has 1 fully saturated rings. The summed E-state index contributed by atoms with van der Waals surface area (Å²) in [6.45, 7) is 4.63. The average molecular weight is 261 g/mol. The maximum absolute atomic E-state index is 12.0. The monoisotopic (exact) mass is 261 g/mol. The van der Waals surface area contributed by atoms with E-state index in [-0.39, 0.29) is 5.91 Å². The number of anilines is 2. The first kappa shape index (κ1) is 13.9. The fourth-order valence-corrected chi connectivity index (χ4v) is 2.22. The van der Waals surface area contributed by atoms with Crippen molar-refractivity contribution in [3.05, 3.63) is 24.3 Å². The maximum Gasteiger partial charge on any atom is 0.238 e. The van der Waals surface area contributed by atoms with Crippen molar-refractivity contribution in [2.45, 2.75) is 26.2 Å². The predicted molar refractivity (Wildman–Crippen MR) is 78.9 cm³/mol. The van der Waals surface area contributed by atoms with Crippen LogP contribution in [0, 0.1) is 5.92 Å². The summed E-state index contributed by atoms with van der Waals surface area (Å²) in [4.78, 5) is 14.3. The van der Waals surface area contributed by atoms with Crippen molar-refractivity contribution in [3.8, 4) is 0 Å². The normalized spacial score (nSPS) is 14.6. The quantitative estimate of drug-likeness (QED) is 0.741. The lowest BCUT2D eigenvalue weighted by Gasteiger charge is -2.21. The Kier molecular flexibility index (Phi) is 4.80. The number of hydrogen-bond donors (Lipinski definition) is 2. The molecular weight excluding hydrogens is 238 g/mol. The molecule has 0 aliphatic heterocycles. The van der Waals surface area contributed by atoms with Gasteiger partial charge in [0, 0.05) is 6.54 Å². The second-order valence-electron chi connectivity index (χ2n) is 5.31. The van der Waals surface area contributed by atoms with E-state index >= 15 is 0 Å². The first-order chi connectivity index (χ1) is 9.19. The number of rotatable bonds is 7. The Morgan fingerprint density at radius 2 is 2.16 bits per heavy atom. The van der Waals surface area contributed by atoms with E-state index in [0.717, 1.165) is 25.4 Å². The Balaban J connectivity index is 1.86. The number of benzene rings is 1. The van der Waals surface area contributed by atoms with Crippen LogP contribution in [0.15, 0.2) is 24.3 Å². The van der Waals surface area contributed by atoms with Gasteiger partial charge >= 0.3 is 0 Å². The number of nitrogens with one attached hydrogen (secondary N) is 1. The van der Waals surface area contributed by atoms with Crippen LogP contribution in [-0.4, -0.2) is 30.4 Å². The van der Waals surface area contributed by atoms with E-state index in [1.54, 1.807) is 6.07 Å². The minimum absolute atomic E-state index is 0.0204. The van der Waals surface area contributed by atoms with Gasteiger partial charge in [0.2, 0.25) is 5.91 Å². The molecule has 2 rings (SSSR count). The molecule has 104 valence electrons. The highest BCUT2D eigenvalue weighted by atomic mass is 16.2. The van der Waals surface area contributed by atoms with Crippen molar-refractivity contribution in [2.75, 3.05) is 30.7 Å². The maximum atomic E-state index is 12.0. The second-order valence-corrected chi connectivity index (χ2v) is 5.31. The van der Waals surface area contributed by atoms with Gasteiger partial charge in [0.25, 0.3) is 0 Å². The van der Waals surface area contributed by atoms with Crippen LogP contribution in [0.1, 0.15) is 26.2 Å². The van der Waals surface area contributed by atoms with Gasteiger partial charge in [-0.05, 0) is 43.9 Å². The standard InChI is InChI=1S/C15H23N3O/c1-2-9-18(10-12-7-8-12)11-15(19)17-14-6-4-3-5-13(14)16/h3-6,12H,2,7-11,16H2,1H3,(H,17,19). The van der Waals surface area contributed by atoms with Gasteiger partial charge in [0.15, 0.2) is 0 Å². The highest BCUT2D eigenvalue weighted by molar-refractivity contribution is 5.95. The van der Waals surface area contributed by atoms with Crippen LogP contribution < -0.4 is 11.1 Å². The Morgan fingerprint density at radius 3 is 2.79 bits per heavy atom. The Labute approximate surface area is 115 Å². The lowest BCUT2D eigenvalue weighted by Crippen LogP contribution is -2.35. The largest absolute Gasteiger partial charge is 0.397 e. The van der Waals surface area contributed by atoms with Gasteiger partial charge in [-0.25, -0.2) is 0 Å². The number of hydrogen-bond acceptors (Lipinski definition) is 3. The number of nitrogen functional groups attached to an aromatic ring is 1. The third kappa shape index (κ3) is 4.56. The third-order valence-electron chi connectivity index (χ3n) is 3.36. The Morgan fingerprint density at radius 1 is 1.42 bits per heavy atom. The van der Waals surface area contributed by atoms with E-state index in [9.17, 15) is 4.79 Å². The first-order valence-electron chi connectivity index (χ1n) is 7.05. The van der Waals surface area contributed by atoms with E-state index in [1.807, 2.05) is 18.2 Å². The van der Waals surface area contributed by atoms with Gasteiger partial charge in [-0.2, -0.15) is 0 Å². The molecule has 0 radical (unpaired) electrons. The second kappa shape index (κ2) is 6.57. The zero-order chi connectivity index (χ0) is 13.7. The molecule has 0 atom stereocenters. The number of carbonyl (C=O) groups excluding carboxylic acids is 1. The van der Waals surface area contributed by atoms with Crippen molar-refractivity contribution < 1.29 is 4.79 Å². The van der Waals surface area contributed by atoms with Gasteiger partial charge in [0.1, 0.15) is 0 Å². The van der Waals surface area contributed by atoms with Crippen LogP contribution in [-0.2, 0) is 4.79 Å². The predicted octanol–water partition coefficient (Wildman–Crippen LogP) is 2.33. The molecule has 0 unspecified atom stereocenters. The van der Waals surface area contributed by atoms with E-state index in [0.29, 0.717) is 17.9 Å². The van der Waals surface area contributed by atoms with E-state index < -0.39 is 0 Å². The van der Waals surface area contributed by atoms with Crippen LogP contribution in [0.4, 0.5) is 11.4 Å². The molecule has 19 heavy (non-hydrogen) atoms. The van der Waals surface area contributed by atoms with E-state index in [1.165, 1.54) is 12.8 Å². The molecule has 4 nitrogen and oxygen atoms in total. The zero-order valence-electron chi connectivity index (χ0n) is 11.6. The fraction of sp³-hybridized carbons (Fsp3) is 0.533. The third-order valence-corrected chi connectivity index (χ3v) is 3.36. The SMILES string of the molecule is CCCN(CC(=O)Nc1ccccc1N)CC1CC1. The Bertz CT molecular complexity index is 429. The number of para-hydroxylation sites is 2. The number of amides is 1. The van der Waals surface area contributed by atoms with Crippen molar-refractivity contribution >= 4 is 17.3 Å². The number of carbonyl (C=O) groups is 1. The van der Waals surface area contributed by atoms with Crippen molar-refractivity contribution in [1.29, 1.82) is 0 Å². The molecule has 1 amide bonds. The van der Waals surface area contributed by atoms with Gasteiger partial charge in [-0.1, -0.05) is 19.1 Å². The van der Waals surface area contributed by atoms with E-state index in [2.05, 4.69) is 17.1 Å². The van der Waals surface area contributed by atoms with Crippen molar-refractivity contribution in [3.63, 3.8) is 0 Å². The van der Waals surface area contributed by atoms with Crippen LogP contribution >= 0.6 is 0 Å². The molecule has 0 bridgehead atoms. The van der Waals surface area contributed by atoms with Crippen LogP contribution in [0.3, 0.4) is 0 Å². The molecule has 1 aliphatic carbocycles. The minimum atomic E-state index is 0.0204. The summed E-state index contributed by atoms with van der Waals surface area (Å²) < 4.78 is 0. The topological polar surface area (TPSA) is 58.4 Å². The molecule has 1 aliphatic rings. The van der Waals surface area contributed by atoms with Crippen molar-refractivity contribution in [2.24, 2.45) is 5.92 Å².